The molecule has 1 aliphatic carbocycles. The molecule has 1 fully saturated rings. The molecule has 1 aromatic rings. The van der Waals surface area contributed by atoms with Crippen LogP contribution in [0.1, 0.15) is 43.5 Å². The highest BCUT2D eigenvalue weighted by atomic mass is 79.9. The number of hydrogen-bond donors (Lipinski definition) is 1. The summed E-state index contributed by atoms with van der Waals surface area (Å²) in [4.78, 5) is 3.83. The summed E-state index contributed by atoms with van der Waals surface area (Å²) in [6, 6.07) is 4.84. The second-order valence-electron chi connectivity index (χ2n) is 5.54. The van der Waals surface area contributed by atoms with E-state index in [1.54, 1.807) is 11.3 Å². The van der Waals surface area contributed by atoms with Gasteiger partial charge in [-0.3, -0.25) is 4.90 Å². The quantitative estimate of drug-likeness (QED) is 0.883. The fourth-order valence-electron chi connectivity index (χ4n) is 3.08. The monoisotopic (exact) mass is 330 g/mol. The summed E-state index contributed by atoms with van der Waals surface area (Å²) in [5.74, 6) is 0.875. The molecule has 0 aromatic carbocycles. The van der Waals surface area contributed by atoms with E-state index < -0.39 is 0 Å². The molecule has 1 heterocycles. The molecule has 2 rings (SSSR count). The molecule has 1 saturated carbocycles. The molecule has 0 spiro atoms. The van der Waals surface area contributed by atoms with Crippen molar-refractivity contribution in [2.75, 3.05) is 13.6 Å². The Bertz CT molecular complexity index is 372. The number of nitrogens with zero attached hydrogens (tertiary/aromatic N) is 1. The maximum Gasteiger partial charge on any atom is 0.0702 e. The smallest absolute Gasteiger partial charge is 0.0702 e. The summed E-state index contributed by atoms with van der Waals surface area (Å²) in [5, 5.41) is 0. The van der Waals surface area contributed by atoms with E-state index in [0.29, 0.717) is 6.04 Å². The number of thiophene rings is 1. The largest absolute Gasteiger partial charge is 0.326 e. The van der Waals surface area contributed by atoms with E-state index in [0.717, 1.165) is 5.92 Å². The second kappa shape index (κ2) is 6.51. The van der Waals surface area contributed by atoms with Gasteiger partial charge in [0.1, 0.15) is 0 Å². The minimum absolute atomic E-state index is 0.168. The highest BCUT2D eigenvalue weighted by Gasteiger charge is 2.26. The van der Waals surface area contributed by atoms with Gasteiger partial charge in [-0.1, -0.05) is 12.8 Å². The van der Waals surface area contributed by atoms with E-state index in [1.807, 2.05) is 0 Å². The van der Waals surface area contributed by atoms with Gasteiger partial charge in [-0.15, -0.1) is 11.3 Å². The molecule has 0 bridgehead atoms. The first kappa shape index (κ1) is 14.5. The first-order chi connectivity index (χ1) is 8.58. The van der Waals surface area contributed by atoms with Crippen LogP contribution in [0.2, 0.25) is 0 Å². The zero-order chi connectivity index (χ0) is 13.1. The van der Waals surface area contributed by atoms with Gasteiger partial charge in [0.15, 0.2) is 0 Å². The van der Waals surface area contributed by atoms with Crippen LogP contribution in [0.25, 0.3) is 0 Å². The Labute approximate surface area is 123 Å². The number of halogens is 1. The van der Waals surface area contributed by atoms with Gasteiger partial charge in [0.05, 0.1) is 9.83 Å². The van der Waals surface area contributed by atoms with Gasteiger partial charge in [0.25, 0.3) is 0 Å². The fourth-order valence-corrected chi connectivity index (χ4v) is 4.78. The molecule has 1 aliphatic rings. The molecule has 4 heteroatoms. The van der Waals surface area contributed by atoms with Gasteiger partial charge < -0.3 is 5.73 Å². The van der Waals surface area contributed by atoms with E-state index >= 15 is 0 Å². The van der Waals surface area contributed by atoms with Crippen molar-refractivity contribution in [1.29, 1.82) is 0 Å². The molecule has 0 radical (unpaired) electrons. The van der Waals surface area contributed by atoms with E-state index in [2.05, 4.69) is 46.9 Å². The number of hydrogen-bond acceptors (Lipinski definition) is 3. The third kappa shape index (κ3) is 3.56. The van der Waals surface area contributed by atoms with Crippen molar-refractivity contribution in [2.24, 2.45) is 11.7 Å². The van der Waals surface area contributed by atoms with Crippen LogP contribution in [-0.2, 0) is 0 Å². The van der Waals surface area contributed by atoms with Crippen LogP contribution in [0.4, 0.5) is 0 Å². The topological polar surface area (TPSA) is 29.3 Å². The third-order valence-electron chi connectivity index (χ3n) is 3.88. The Morgan fingerprint density at radius 1 is 1.44 bits per heavy atom. The van der Waals surface area contributed by atoms with E-state index in [1.165, 1.54) is 40.9 Å². The molecule has 0 aliphatic heterocycles. The standard InChI is InChI=1S/C14H23BrN2S/c1-10(16)14(12-7-8-13(15)18-12)17(2)9-11-5-3-4-6-11/h7-8,10-11,14H,3-6,9,16H2,1-2H3. The van der Waals surface area contributed by atoms with Crippen molar-refractivity contribution in [1.82, 2.24) is 4.90 Å². The second-order valence-corrected chi connectivity index (χ2v) is 8.03. The van der Waals surface area contributed by atoms with E-state index in [9.17, 15) is 0 Å². The molecular formula is C14H23BrN2S. The van der Waals surface area contributed by atoms with Crippen LogP contribution in [0.5, 0.6) is 0 Å². The van der Waals surface area contributed by atoms with Crippen LogP contribution < -0.4 is 5.73 Å². The van der Waals surface area contributed by atoms with Crippen LogP contribution in [0, 0.1) is 5.92 Å². The Hall–Kier alpha value is 0.1000. The summed E-state index contributed by atoms with van der Waals surface area (Å²) < 4.78 is 1.19. The average Bonchev–Trinajstić information content (AvgIpc) is 2.90. The van der Waals surface area contributed by atoms with Gasteiger partial charge in [0, 0.05) is 17.5 Å². The maximum absolute atomic E-state index is 6.20. The van der Waals surface area contributed by atoms with Gasteiger partial charge in [0.2, 0.25) is 0 Å². The van der Waals surface area contributed by atoms with E-state index in [-0.39, 0.29) is 6.04 Å². The molecule has 0 saturated heterocycles. The van der Waals surface area contributed by atoms with Gasteiger partial charge >= 0.3 is 0 Å². The minimum Gasteiger partial charge on any atom is -0.326 e. The lowest BCUT2D eigenvalue weighted by atomic mass is 10.0. The normalized spacial score (nSPS) is 20.5. The molecule has 1 aromatic heterocycles. The number of rotatable bonds is 5. The highest BCUT2D eigenvalue weighted by Crippen LogP contribution is 2.34. The van der Waals surface area contributed by atoms with Gasteiger partial charge in [-0.2, -0.15) is 0 Å². The number of likely N-dealkylation sites (N-methyl/N-ethyl adjacent to an activating group) is 1. The van der Waals surface area contributed by atoms with Crippen LogP contribution in [0.3, 0.4) is 0 Å². The molecule has 18 heavy (non-hydrogen) atoms. The molecule has 102 valence electrons. The Morgan fingerprint density at radius 3 is 2.61 bits per heavy atom. The van der Waals surface area contributed by atoms with Crippen LogP contribution in [0.15, 0.2) is 15.9 Å². The van der Waals surface area contributed by atoms with Crippen LogP contribution >= 0.6 is 27.3 Å². The first-order valence-corrected chi connectivity index (χ1v) is 8.40. The average molecular weight is 331 g/mol. The fraction of sp³-hybridized carbons (Fsp3) is 0.714. The summed E-state index contributed by atoms with van der Waals surface area (Å²) in [6.45, 7) is 3.30. The molecule has 2 unspecified atom stereocenters. The predicted molar refractivity (Wildman–Crippen MR) is 83.0 cm³/mol. The molecule has 0 amide bonds. The lowest BCUT2D eigenvalue weighted by Crippen LogP contribution is -2.38. The maximum atomic E-state index is 6.20. The Kier molecular flexibility index (Phi) is 5.24. The molecular weight excluding hydrogens is 308 g/mol. The summed E-state index contributed by atoms with van der Waals surface area (Å²) >= 11 is 5.35. The van der Waals surface area contributed by atoms with Crippen molar-refractivity contribution in [3.05, 3.63) is 20.8 Å². The zero-order valence-electron chi connectivity index (χ0n) is 11.2. The van der Waals surface area contributed by atoms with Crippen molar-refractivity contribution < 1.29 is 0 Å². The van der Waals surface area contributed by atoms with Crippen molar-refractivity contribution >= 4 is 27.3 Å². The molecule has 2 nitrogen and oxygen atoms in total. The predicted octanol–water partition coefficient (Wildman–Crippen LogP) is 4.02. The van der Waals surface area contributed by atoms with Crippen molar-refractivity contribution in [2.45, 2.75) is 44.7 Å². The minimum atomic E-state index is 0.168. The summed E-state index contributed by atoms with van der Waals surface area (Å²) in [7, 11) is 2.22. The number of nitrogens with two attached hydrogens (primary N) is 1. The first-order valence-electron chi connectivity index (χ1n) is 6.79. The zero-order valence-corrected chi connectivity index (χ0v) is 13.6. The highest BCUT2D eigenvalue weighted by molar-refractivity contribution is 9.11. The Morgan fingerprint density at radius 2 is 2.11 bits per heavy atom. The summed E-state index contributed by atoms with van der Waals surface area (Å²) in [5.41, 5.74) is 6.20. The van der Waals surface area contributed by atoms with E-state index in [4.69, 9.17) is 5.73 Å². The van der Waals surface area contributed by atoms with Crippen LogP contribution in [-0.4, -0.2) is 24.5 Å². The van der Waals surface area contributed by atoms with Crippen molar-refractivity contribution in [3.63, 3.8) is 0 Å². The van der Waals surface area contributed by atoms with Crippen molar-refractivity contribution in [3.8, 4) is 0 Å². The summed E-state index contributed by atoms with van der Waals surface area (Å²) in [6.07, 6.45) is 5.60. The Balaban J connectivity index is 2.04. The van der Waals surface area contributed by atoms with Gasteiger partial charge in [-0.25, -0.2) is 0 Å². The third-order valence-corrected chi connectivity index (χ3v) is 5.57. The lowest BCUT2D eigenvalue weighted by Gasteiger charge is -2.32. The molecule has 2 atom stereocenters. The van der Waals surface area contributed by atoms with Gasteiger partial charge in [-0.05, 0) is 60.8 Å². The lowest BCUT2D eigenvalue weighted by molar-refractivity contribution is 0.190. The molecule has 2 N–H and O–H groups in total. The SMILES string of the molecule is CC(N)C(c1ccc(Br)s1)N(C)CC1CCCC1.